The number of carbonyl (C=O) groups is 1. The Morgan fingerprint density at radius 2 is 1.90 bits per heavy atom. The maximum atomic E-state index is 12.7. The first-order valence-electron chi connectivity index (χ1n) is 6.77. The van der Waals surface area contributed by atoms with Crippen LogP contribution in [0.15, 0.2) is 46.9 Å². The highest BCUT2D eigenvalue weighted by Gasteiger charge is 2.22. The van der Waals surface area contributed by atoms with Gasteiger partial charge < -0.3 is 4.90 Å². The summed E-state index contributed by atoms with van der Waals surface area (Å²) < 4.78 is 0.948. The molecule has 102 valence electrons. The van der Waals surface area contributed by atoms with E-state index in [9.17, 15) is 4.79 Å². The highest BCUT2D eigenvalue weighted by atomic mass is 79.9. The Bertz CT molecular complexity index is 666. The van der Waals surface area contributed by atoms with Gasteiger partial charge in [-0.1, -0.05) is 46.3 Å². The average molecular weight is 330 g/mol. The van der Waals surface area contributed by atoms with E-state index in [1.165, 1.54) is 11.1 Å². The molecule has 0 unspecified atom stereocenters. The number of fused-ring (bicyclic) bond motifs is 1. The van der Waals surface area contributed by atoms with Crippen molar-refractivity contribution < 1.29 is 4.79 Å². The molecule has 3 heteroatoms. The van der Waals surface area contributed by atoms with Crippen molar-refractivity contribution in [3.63, 3.8) is 0 Å². The Hall–Kier alpha value is -1.61. The monoisotopic (exact) mass is 329 g/mol. The van der Waals surface area contributed by atoms with Crippen LogP contribution >= 0.6 is 15.9 Å². The maximum absolute atomic E-state index is 12.7. The molecule has 0 radical (unpaired) electrons. The van der Waals surface area contributed by atoms with Gasteiger partial charge in [-0.2, -0.15) is 0 Å². The second-order valence-electron chi connectivity index (χ2n) is 5.20. The molecule has 0 atom stereocenters. The molecule has 0 spiro atoms. The first-order valence-corrected chi connectivity index (χ1v) is 7.56. The summed E-state index contributed by atoms with van der Waals surface area (Å²) >= 11 is 3.44. The zero-order chi connectivity index (χ0) is 14.1. The van der Waals surface area contributed by atoms with Gasteiger partial charge in [0.15, 0.2) is 0 Å². The fraction of sp³-hybridized carbons (Fsp3) is 0.235. The average Bonchev–Trinajstić information content (AvgIpc) is 2.48. The second-order valence-corrected chi connectivity index (χ2v) is 6.12. The Kier molecular flexibility index (Phi) is 3.62. The quantitative estimate of drug-likeness (QED) is 0.775. The third-order valence-corrected chi connectivity index (χ3v) is 4.34. The van der Waals surface area contributed by atoms with Crippen LogP contribution in [0.4, 0.5) is 0 Å². The molecular weight excluding hydrogens is 314 g/mol. The highest BCUT2D eigenvalue weighted by Crippen LogP contribution is 2.23. The molecule has 0 saturated carbocycles. The lowest BCUT2D eigenvalue weighted by Crippen LogP contribution is -2.36. The summed E-state index contributed by atoms with van der Waals surface area (Å²) in [5, 5.41) is 0. The van der Waals surface area contributed by atoms with Crippen LogP contribution in [-0.4, -0.2) is 17.4 Å². The topological polar surface area (TPSA) is 20.3 Å². The number of hydrogen-bond acceptors (Lipinski definition) is 1. The Labute approximate surface area is 127 Å². The summed E-state index contributed by atoms with van der Waals surface area (Å²) in [5.74, 6) is 0.123. The summed E-state index contributed by atoms with van der Waals surface area (Å²) in [6.07, 6.45) is 0.939. The Morgan fingerprint density at radius 1 is 1.15 bits per heavy atom. The van der Waals surface area contributed by atoms with E-state index in [4.69, 9.17) is 0 Å². The molecule has 2 aromatic carbocycles. The van der Waals surface area contributed by atoms with Crippen molar-refractivity contribution in [1.29, 1.82) is 0 Å². The number of amides is 1. The van der Waals surface area contributed by atoms with E-state index < -0.39 is 0 Å². The number of aryl methyl sites for hydroxylation is 1. The number of halogens is 1. The van der Waals surface area contributed by atoms with Crippen LogP contribution in [0, 0.1) is 6.92 Å². The molecule has 1 heterocycles. The molecule has 1 aliphatic heterocycles. The van der Waals surface area contributed by atoms with E-state index in [1.54, 1.807) is 0 Å². The molecule has 0 fully saturated rings. The molecule has 0 bridgehead atoms. The minimum absolute atomic E-state index is 0.123. The van der Waals surface area contributed by atoms with Crippen LogP contribution in [0.2, 0.25) is 0 Å². The molecule has 3 rings (SSSR count). The molecule has 1 aliphatic rings. The van der Waals surface area contributed by atoms with Crippen molar-refractivity contribution in [3.05, 3.63) is 69.2 Å². The highest BCUT2D eigenvalue weighted by molar-refractivity contribution is 9.10. The largest absolute Gasteiger partial charge is 0.334 e. The summed E-state index contributed by atoms with van der Waals surface area (Å²) in [6.45, 7) is 3.49. The number of rotatable bonds is 1. The van der Waals surface area contributed by atoms with Crippen molar-refractivity contribution in [2.45, 2.75) is 19.9 Å². The van der Waals surface area contributed by atoms with E-state index in [1.807, 2.05) is 36.1 Å². The lowest BCUT2D eigenvalue weighted by Gasteiger charge is -2.29. The summed E-state index contributed by atoms with van der Waals surface area (Å²) in [6, 6.07) is 14.2. The van der Waals surface area contributed by atoms with Gasteiger partial charge in [0.1, 0.15) is 0 Å². The number of nitrogens with zero attached hydrogens (tertiary/aromatic N) is 1. The van der Waals surface area contributed by atoms with Gasteiger partial charge in [-0.3, -0.25) is 4.79 Å². The molecule has 20 heavy (non-hydrogen) atoms. The van der Waals surface area contributed by atoms with E-state index in [-0.39, 0.29) is 5.91 Å². The zero-order valence-corrected chi connectivity index (χ0v) is 13.0. The predicted octanol–water partition coefficient (Wildman–Crippen LogP) is 3.96. The van der Waals surface area contributed by atoms with Crippen LogP contribution in [0.25, 0.3) is 0 Å². The SMILES string of the molecule is Cc1ccc(Br)cc1C(=O)N1CCc2ccccc2C1. The number of hydrogen-bond donors (Lipinski definition) is 0. The second kappa shape index (κ2) is 5.41. The molecular formula is C17H16BrNO. The normalized spacial score (nSPS) is 14.0. The van der Waals surface area contributed by atoms with E-state index >= 15 is 0 Å². The lowest BCUT2D eigenvalue weighted by molar-refractivity contribution is 0.0734. The van der Waals surface area contributed by atoms with Gasteiger partial charge >= 0.3 is 0 Å². The summed E-state index contributed by atoms with van der Waals surface area (Å²) in [5.41, 5.74) is 4.44. The van der Waals surface area contributed by atoms with Gasteiger partial charge in [0.2, 0.25) is 0 Å². The maximum Gasteiger partial charge on any atom is 0.254 e. The van der Waals surface area contributed by atoms with E-state index in [0.717, 1.165) is 28.6 Å². The minimum Gasteiger partial charge on any atom is -0.334 e. The molecule has 2 aromatic rings. The van der Waals surface area contributed by atoms with Crippen molar-refractivity contribution in [1.82, 2.24) is 4.90 Å². The molecule has 0 aliphatic carbocycles. The van der Waals surface area contributed by atoms with Crippen LogP contribution in [-0.2, 0) is 13.0 Å². The van der Waals surface area contributed by atoms with Gasteiger partial charge in [-0.15, -0.1) is 0 Å². The summed E-state index contributed by atoms with van der Waals surface area (Å²) in [4.78, 5) is 14.6. The van der Waals surface area contributed by atoms with Gasteiger partial charge in [0.05, 0.1) is 0 Å². The minimum atomic E-state index is 0.123. The molecule has 0 saturated heterocycles. The first kappa shape index (κ1) is 13.4. The van der Waals surface area contributed by atoms with Crippen LogP contribution < -0.4 is 0 Å². The van der Waals surface area contributed by atoms with Crippen molar-refractivity contribution in [2.24, 2.45) is 0 Å². The van der Waals surface area contributed by atoms with E-state index in [0.29, 0.717) is 6.54 Å². The predicted molar refractivity (Wildman–Crippen MR) is 83.8 cm³/mol. The van der Waals surface area contributed by atoms with Crippen LogP contribution in [0.5, 0.6) is 0 Å². The first-order chi connectivity index (χ1) is 9.65. The smallest absolute Gasteiger partial charge is 0.254 e. The molecule has 0 N–H and O–H groups in total. The Balaban J connectivity index is 1.88. The van der Waals surface area contributed by atoms with Crippen molar-refractivity contribution >= 4 is 21.8 Å². The van der Waals surface area contributed by atoms with Crippen molar-refractivity contribution in [3.8, 4) is 0 Å². The lowest BCUT2D eigenvalue weighted by atomic mass is 9.98. The van der Waals surface area contributed by atoms with E-state index in [2.05, 4.69) is 34.1 Å². The number of benzene rings is 2. The number of carbonyl (C=O) groups excluding carboxylic acids is 1. The summed E-state index contributed by atoms with van der Waals surface area (Å²) in [7, 11) is 0. The van der Waals surface area contributed by atoms with Gasteiger partial charge in [0.25, 0.3) is 5.91 Å². The fourth-order valence-corrected chi connectivity index (χ4v) is 3.03. The molecule has 0 aromatic heterocycles. The molecule has 1 amide bonds. The van der Waals surface area contributed by atoms with Crippen LogP contribution in [0.3, 0.4) is 0 Å². The standard InChI is InChI=1S/C17H16BrNO/c1-12-6-7-15(18)10-16(12)17(20)19-9-8-13-4-2-3-5-14(13)11-19/h2-7,10H,8-9,11H2,1H3. The molecule has 2 nitrogen and oxygen atoms in total. The van der Waals surface area contributed by atoms with Crippen molar-refractivity contribution in [2.75, 3.05) is 6.54 Å². The van der Waals surface area contributed by atoms with Gasteiger partial charge in [0, 0.05) is 23.1 Å². The Morgan fingerprint density at radius 3 is 2.70 bits per heavy atom. The zero-order valence-electron chi connectivity index (χ0n) is 11.4. The van der Waals surface area contributed by atoms with Gasteiger partial charge in [-0.25, -0.2) is 0 Å². The third-order valence-electron chi connectivity index (χ3n) is 3.85. The third kappa shape index (κ3) is 2.50. The fourth-order valence-electron chi connectivity index (χ4n) is 2.66. The van der Waals surface area contributed by atoms with Gasteiger partial charge in [-0.05, 0) is 42.2 Å². The van der Waals surface area contributed by atoms with Crippen LogP contribution in [0.1, 0.15) is 27.0 Å².